The van der Waals surface area contributed by atoms with Gasteiger partial charge in [-0.15, -0.1) is 0 Å². The second-order valence-electron chi connectivity index (χ2n) is 10.5. The summed E-state index contributed by atoms with van der Waals surface area (Å²) in [5.41, 5.74) is 3.88. The minimum Gasteiger partial charge on any atom is -0.392 e. The fourth-order valence-electron chi connectivity index (χ4n) is 6.13. The van der Waals surface area contributed by atoms with E-state index in [2.05, 4.69) is 37.3 Å². The van der Waals surface area contributed by atoms with Gasteiger partial charge in [0.25, 0.3) is 0 Å². The summed E-state index contributed by atoms with van der Waals surface area (Å²) in [5, 5.41) is 21.1. The van der Waals surface area contributed by atoms with Crippen LogP contribution in [-0.2, 0) is 11.2 Å². The Hall–Kier alpha value is -1.91. The number of allylic oxidation sites excluding steroid dienone is 2. The van der Waals surface area contributed by atoms with E-state index in [1.54, 1.807) is 0 Å². The van der Waals surface area contributed by atoms with E-state index in [0.29, 0.717) is 30.6 Å². The molecule has 2 aliphatic carbocycles. The zero-order chi connectivity index (χ0) is 23.2. The SMILES string of the molecule is Cc1cccc(C[C@H](O)/C=C/[C@@H]2[C@H]3CC(CCCCCC(=O)N4CCCC4)=C[C@H]3C[C@H]2O)c1. The molecular formula is C29H41NO3. The highest BCUT2D eigenvalue weighted by Crippen LogP contribution is 2.48. The highest BCUT2D eigenvalue weighted by molar-refractivity contribution is 5.76. The highest BCUT2D eigenvalue weighted by atomic mass is 16.3. The summed E-state index contributed by atoms with van der Waals surface area (Å²) in [6.07, 6.45) is 15.5. The summed E-state index contributed by atoms with van der Waals surface area (Å²) in [4.78, 5) is 14.2. The number of aliphatic hydroxyl groups excluding tert-OH is 2. The first-order chi connectivity index (χ1) is 16.0. The van der Waals surface area contributed by atoms with E-state index in [4.69, 9.17) is 0 Å². The maximum absolute atomic E-state index is 12.2. The summed E-state index contributed by atoms with van der Waals surface area (Å²) in [7, 11) is 0. The van der Waals surface area contributed by atoms with Gasteiger partial charge in [-0.1, -0.05) is 60.1 Å². The van der Waals surface area contributed by atoms with Crippen LogP contribution in [0.5, 0.6) is 0 Å². The number of fused-ring (bicyclic) bond motifs is 1. The van der Waals surface area contributed by atoms with E-state index in [-0.39, 0.29) is 12.0 Å². The Balaban J connectivity index is 1.18. The lowest BCUT2D eigenvalue weighted by atomic mass is 9.88. The number of benzene rings is 1. The van der Waals surface area contributed by atoms with E-state index >= 15 is 0 Å². The van der Waals surface area contributed by atoms with Crippen molar-refractivity contribution in [3.8, 4) is 0 Å². The number of hydrogen-bond acceptors (Lipinski definition) is 3. The Bertz CT molecular complexity index is 854. The van der Waals surface area contributed by atoms with Crippen LogP contribution < -0.4 is 0 Å². The van der Waals surface area contributed by atoms with Gasteiger partial charge in [0, 0.05) is 31.8 Å². The van der Waals surface area contributed by atoms with Crippen LogP contribution in [0.15, 0.2) is 48.1 Å². The van der Waals surface area contributed by atoms with Gasteiger partial charge in [0.05, 0.1) is 12.2 Å². The number of carbonyl (C=O) groups excluding carboxylic acids is 1. The molecule has 0 unspecified atom stereocenters. The monoisotopic (exact) mass is 451 g/mol. The largest absolute Gasteiger partial charge is 0.392 e. The molecule has 2 N–H and O–H groups in total. The second kappa shape index (κ2) is 11.5. The molecule has 1 saturated heterocycles. The molecule has 4 rings (SSSR count). The van der Waals surface area contributed by atoms with Crippen molar-refractivity contribution in [3.05, 3.63) is 59.2 Å². The quantitative estimate of drug-likeness (QED) is 0.390. The summed E-state index contributed by atoms with van der Waals surface area (Å²) in [6.45, 7) is 3.98. The van der Waals surface area contributed by atoms with Gasteiger partial charge in [-0.3, -0.25) is 4.79 Å². The van der Waals surface area contributed by atoms with Crippen molar-refractivity contribution < 1.29 is 15.0 Å². The first kappa shape index (κ1) is 24.2. The molecule has 1 saturated carbocycles. The van der Waals surface area contributed by atoms with Crippen LogP contribution in [0.1, 0.15) is 68.9 Å². The van der Waals surface area contributed by atoms with Gasteiger partial charge in [0.15, 0.2) is 0 Å². The molecule has 2 fully saturated rings. The zero-order valence-electron chi connectivity index (χ0n) is 20.2. The molecular weight excluding hydrogens is 410 g/mol. The number of likely N-dealkylation sites (tertiary alicyclic amines) is 1. The molecule has 1 aromatic carbocycles. The molecule has 0 radical (unpaired) electrons. The number of hydrogen-bond donors (Lipinski definition) is 2. The topological polar surface area (TPSA) is 60.8 Å². The molecule has 3 aliphatic rings. The van der Waals surface area contributed by atoms with Gasteiger partial charge in [-0.25, -0.2) is 0 Å². The van der Waals surface area contributed by atoms with Gasteiger partial charge in [0.2, 0.25) is 5.91 Å². The van der Waals surface area contributed by atoms with E-state index in [0.717, 1.165) is 57.2 Å². The second-order valence-corrected chi connectivity index (χ2v) is 10.5. The molecule has 4 nitrogen and oxygen atoms in total. The number of amides is 1. The van der Waals surface area contributed by atoms with E-state index in [9.17, 15) is 15.0 Å². The predicted molar refractivity (Wildman–Crippen MR) is 133 cm³/mol. The summed E-state index contributed by atoms with van der Waals surface area (Å²) in [6, 6.07) is 8.27. The van der Waals surface area contributed by atoms with Crippen molar-refractivity contribution in [1.29, 1.82) is 0 Å². The summed E-state index contributed by atoms with van der Waals surface area (Å²) < 4.78 is 0. The van der Waals surface area contributed by atoms with Crippen LogP contribution in [0.25, 0.3) is 0 Å². The van der Waals surface area contributed by atoms with Gasteiger partial charge < -0.3 is 15.1 Å². The Kier molecular flexibility index (Phi) is 8.43. The standard InChI is InChI=1S/C29H41NO3/c1-21-8-7-10-22(16-21)18-25(31)12-13-26-27-19-23(17-24(27)20-28(26)32)9-3-2-4-11-29(33)30-14-5-6-15-30/h7-8,10,12-13,16-17,24-28,31-32H,2-6,9,11,14-15,18-20H2,1H3/b13-12+/t24-,25+,26+,27-,28+/m0/s1. The average Bonchev–Trinajstić information content (AvgIpc) is 3.49. The van der Waals surface area contributed by atoms with Gasteiger partial charge in [-0.2, -0.15) is 0 Å². The third-order valence-corrected chi connectivity index (χ3v) is 7.88. The van der Waals surface area contributed by atoms with Crippen LogP contribution >= 0.6 is 0 Å². The molecule has 5 atom stereocenters. The Morgan fingerprint density at radius 2 is 2.03 bits per heavy atom. The van der Waals surface area contributed by atoms with Crippen molar-refractivity contribution in [3.63, 3.8) is 0 Å². The number of rotatable bonds is 10. The maximum atomic E-state index is 12.2. The number of aliphatic hydroxyl groups is 2. The van der Waals surface area contributed by atoms with Crippen LogP contribution in [0, 0.1) is 24.7 Å². The lowest BCUT2D eigenvalue weighted by Crippen LogP contribution is -2.27. The van der Waals surface area contributed by atoms with Crippen molar-refractivity contribution in [2.45, 2.75) is 83.3 Å². The lowest BCUT2D eigenvalue weighted by molar-refractivity contribution is -0.130. The first-order valence-corrected chi connectivity index (χ1v) is 13.1. The highest BCUT2D eigenvalue weighted by Gasteiger charge is 2.43. The normalized spacial score (nSPS) is 27.8. The fourth-order valence-corrected chi connectivity index (χ4v) is 6.13. The number of carbonyl (C=O) groups is 1. The van der Waals surface area contributed by atoms with Gasteiger partial charge in [-0.05, 0) is 69.3 Å². The van der Waals surface area contributed by atoms with Crippen LogP contribution in [0.2, 0.25) is 0 Å². The molecule has 1 aromatic rings. The number of aryl methyl sites for hydroxylation is 1. The van der Waals surface area contributed by atoms with Crippen molar-refractivity contribution in [1.82, 2.24) is 4.90 Å². The molecule has 33 heavy (non-hydrogen) atoms. The van der Waals surface area contributed by atoms with Crippen molar-refractivity contribution >= 4 is 5.91 Å². The minimum atomic E-state index is -0.518. The van der Waals surface area contributed by atoms with Crippen LogP contribution in [0.3, 0.4) is 0 Å². The van der Waals surface area contributed by atoms with E-state index in [1.165, 1.54) is 24.0 Å². The molecule has 1 heterocycles. The van der Waals surface area contributed by atoms with Crippen LogP contribution in [0.4, 0.5) is 0 Å². The zero-order valence-corrected chi connectivity index (χ0v) is 20.2. The smallest absolute Gasteiger partial charge is 0.222 e. The molecule has 0 spiro atoms. The van der Waals surface area contributed by atoms with Crippen LogP contribution in [-0.4, -0.2) is 46.3 Å². The lowest BCUT2D eigenvalue weighted by Gasteiger charge is -2.19. The Labute approximate surface area is 199 Å². The molecule has 4 heteroatoms. The summed E-state index contributed by atoms with van der Waals surface area (Å²) in [5.74, 6) is 1.41. The number of nitrogens with zero attached hydrogens (tertiary/aromatic N) is 1. The summed E-state index contributed by atoms with van der Waals surface area (Å²) >= 11 is 0. The van der Waals surface area contributed by atoms with Gasteiger partial charge in [0.1, 0.15) is 0 Å². The minimum absolute atomic E-state index is 0.133. The number of unbranched alkanes of at least 4 members (excludes halogenated alkanes) is 2. The fraction of sp³-hybridized carbons (Fsp3) is 0.621. The maximum Gasteiger partial charge on any atom is 0.222 e. The first-order valence-electron chi connectivity index (χ1n) is 13.1. The van der Waals surface area contributed by atoms with E-state index < -0.39 is 6.10 Å². The molecule has 0 aromatic heterocycles. The Morgan fingerprint density at radius 3 is 2.82 bits per heavy atom. The van der Waals surface area contributed by atoms with E-state index in [1.807, 2.05) is 17.0 Å². The average molecular weight is 452 g/mol. The Morgan fingerprint density at radius 1 is 1.21 bits per heavy atom. The molecule has 0 bridgehead atoms. The molecule has 1 aliphatic heterocycles. The molecule has 1 amide bonds. The van der Waals surface area contributed by atoms with Crippen molar-refractivity contribution in [2.75, 3.05) is 13.1 Å². The predicted octanol–water partition coefficient (Wildman–Crippen LogP) is 4.97. The van der Waals surface area contributed by atoms with Gasteiger partial charge >= 0.3 is 0 Å². The molecule has 180 valence electrons. The third-order valence-electron chi connectivity index (χ3n) is 7.88. The third kappa shape index (κ3) is 6.58. The van der Waals surface area contributed by atoms with Crippen molar-refractivity contribution in [2.24, 2.45) is 17.8 Å².